The molecule has 0 spiro atoms. The van der Waals surface area contributed by atoms with Gasteiger partial charge >= 0.3 is 5.76 Å². The van der Waals surface area contributed by atoms with Crippen molar-refractivity contribution in [2.75, 3.05) is 6.54 Å². The van der Waals surface area contributed by atoms with Crippen LogP contribution < -0.4 is 11.1 Å². The summed E-state index contributed by atoms with van der Waals surface area (Å²) in [6.45, 7) is 1.07. The molecule has 0 unspecified atom stereocenters. The van der Waals surface area contributed by atoms with Crippen LogP contribution in [0.2, 0.25) is 0 Å². The van der Waals surface area contributed by atoms with E-state index < -0.39 is 0 Å². The smallest absolute Gasteiger partial charge is 0.408 e. The molecule has 2 N–H and O–H groups in total. The molecule has 1 aliphatic rings. The molecule has 0 bridgehead atoms. The van der Waals surface area contributed by atoms with E-state index in [2.05, 4.69) is 10.3 Å². The first kappa shape index (κ1) is 10.6. The van der Waals surface area contributed by atoms with Gasteiger partial charge in [0.1, 0.15) is 0 Å². The van der Waals surface area contributed by atoms with Gasteiger partial charge in [0.15, 0.2) is 5.58 Å². The number of oxazole rings is 1. The van der Waals surface area contributed by atoms with Gasteiger partial charge in [-0.05, 0) is 49.9 Å². The average Bonchev–Trinajstić information content (AvgIpc) is 3.05. The first-order valence-corrected chi connectivity index (χ1v) is 6.16. The summed E-state index contributed by atoms with van der Waals surface area (Å²) in [5.74, 6) is -0.382. The van der Waals surface area contributed by atoms with E-state index in [-0.39, 0.29) is 5.76 Å². The summed E-state index contributed by atoms with van der Waals surface area (Å²) < 4.78 is 5.04. The summed E-state index contributed by atoms with van der Waals surface area (Å²) in [6, 6.07) is 6.68. The van der Waals surface area contributed by atoms with E-state index >= 15 is 0 Å². The molecule has 1 fully saturated rings. The highest BCUT2D eigenvalue weighted by Crippen LogP contribution is 2.18. The molecule has 0 amide bonds. The zero-order valence-corrected chi connectivity index (χ0v) is 9.66. The number of aryl methyl sites for hydroxylation is 1. The Morgan fingerprint density at radius 3 is 3.12 bits per heavy atom. The van der Waals surface area contributed by atoms with Crippen LogP contribution in [-0.2, 0) is 6.42 Å². The third-order valence-electron chi connectivity index (χ3n) is 3.14. The highest BCUT2D eigenvalue weighted by Gasteiger charge is 2.19. The first-order chi connectivity index (χ1) is 8.31. The largest absolute Gasteiger partial charge is 0.417 e. The minimum atomic E-state index is -0.382. The lowest BCUT2D eigenvalue weighted by Gasteiger charge is -2.02. The molecule has 0 radical (unpaired) electrons. The van der Waals surface area contributed by atoms with Crippen LogP contribution in [0.1, 0.15) is 24.8 Å². The number of H-pyrrole nitrogens is 1. The first-order valence-electron chi connectivity index (χ1n) is 6.16. The molecule has 4 nitrogen and oxygen atoms in total. The number of hydrogen-bond donors (Lipinski definition) is 2. The Bertz CT molecular complexity index is 566. The minimum absolute atomic E-state index is 0.382. The Hall–Kier alpha value is -1.55. The van der Waals surface area contributed by atoms with Gasteiger partial charge in [-0.2, -0.15) is 0 Å². The molecule has 3 rings (SSSR count). The number of aromatic amines is 1. The van der Waals surface area contributed by atoms with Gasteiger partial charge < -0.3 is 9.73 Å². The lowest BCUT2D eigenvalue weighted by atomic mass is 10.1. The summed E-state index contributed by atoms with van der Waals surface area (Å²) in [5.41, 5.74) is 2.65. The fourth-order valence-electron chi connectivity index (χ4n) is 2.03. The maximum absolute atomic E-state index is 11.0. The Kier molecular flexibility index (Phi) is 2.73. The van der Waals surface area contributed by atoms with Gasteiger partial charge in [0.2, 0.25) is 0 Å². The summed E-state index contributed by atoms with van der Waals surface area (Å²) in [5, 5.41) is 3.49. The van der Waals surface area contributed by atoms with Gasteiger partial charge in [0, 0.05) is 6.04 Å². The molecule has 4 heteroatoms. The molecule has 0 atom stereocenters. The summed E-state index contributed by atoms with van der Waals surface area (Å²) >= 11 is 0. The lowest BCUT2D eigenvalue weighted by Crippen LogP contribution is -2.17. The standard InChI is InChI=1S/C13H16N2O2/c16-13-15-11-6-3-9(8-12(11)17-13)2-1-7-14-10-4-5-10/h3,6,8,10,14H,1-2,4-5,7H2,(H,15,16). The molecular formula is C13H16N2O2. The van der Waals surface area contributed by atoms with E-state index in [9.17, 15) is 4.79 Å². The summed E-state index contributed by atoms with van der Waals surface area (Å²) in [7, 11) is 0. The predicted molar refractivity (Wildman–Crippen MR) is 66.2 cm³/mol. The van der Waals surface area contributed by atoms with Gasteiger partial charge in [0.05, 0.1) is 5.52 Å². The number of fused-ring (bicyclic) bond motifs is 1. The molecule has 2 aromatic rings. The van der Waals surface area contributed by atoms with Crippen LogP contribution in [0.4, 0.5) is 0 Å². The van der Waals surface area contributed by atoms with E-state index in [1.54, 1.807) is 0 Å². The minimum Gasteiger partial charge on any atom is -0.408 e. The Balaban J connectivity index is 1.61. The second-order valence-corrected chi connectivity index (χ2v) is 4.68. The monoisotopic (exact) mass is 232 g/mol. The fraction of sp³-hybridized carbons (Fsp3) is 0.462. The zero-order valence-electron chi connectivity index (χ0n) is 9.66. The van der Waals surface area contributed by atoms with E-state index in [1.165, 1.54) is 18.4 Å². The third-order valence-corrected chi connectivity index (χ3v) is 3.14. The van der Waals surface area contributed by atoms with Crippen molar-refractivity contribution in [1.29, 1.82) is 0 Å². The topological polar surface area (TPSA) is 58.0 Å². The molecule has 17 heavy (non-hydrogen) atoms. The van der Waals surface area contributed by atoms with Crippen molar-refractivity contribution < 1.29 is 4.42 Å². The van der Waals surface area contributed by atoms with E-state index in [0.29, 0.717) is 5.58 Å². The van der Waals surface area contributed by atoms with Crippen molar-refractivity contribution in [2.45, 2.75) is 31.7 Å². The summed E-state index contributed by atoms with van der Waals surface area (Å²) in [4.78, 5) is 13.7. The van der Waals surface area contributed by atoms with Crippen molar-refractivity contribution in [3.8, 4) is 0 Å². The van der Waals surface area contributed by atoms with E-state index in [0.717, 1.165) is 30.9 Å². The zero-order chi connectivity index (χ0) is 11.7. The van der Waals surface area contributed by atoms with Crippen molar-refractivity contribution in [3.63, 3.8) is 0 Å². The highest BCUT2D eigenvalue weighted by atomic mass is 16.4. The second-order valence-electron chi connectivity index (χ2n) is 4.68. The van der Waals surface area contributed by atoms with Gasteiger partial charge in [-0.15, -0.1) is 0 Å². The average molecular weight is 232 g/mol. The second kappa shape index (κ2) is 4.37. The normalized spacial score (nSPS) is 15.5. The number of nitrogens with one attached hydrogen (secondary N) is 2. The van der Waals surface area contributed by atoms with Gasteiger partial charge in [-0.3, -0.25) is 4.98 Å². The molecule has 1 aromatic heterocycles. The van der Waals surface area contributed by atoms with Crippen molar-refractivity contribution in [3.05, 3.63) is 34.3 Å². The van der Waals surface area contributed by atoms with Crippen LogP contribution >= 0.6 is 0 Å². The van der Waals surface area contributed by atoms with Crippen LogP contribution in [-0.4, -0.2) is 17.6 Å². The SMILES string of the molecule is O=c1[nH]c2ccc(CCCNC3CC3)cc2o1. The van der Waals surface area contributed by atoms with Gasteiger partial charge in [-0.25, -0.2) is 4.79 Å². The molecule has 0 aliphatic heterocycles. The summed E-state index contributed by atoms with van der Waals surface area (Å²) in [6.07, 6.45) is 4.81. The molecule has 1 heterocycles. The van der Waals surface area contributed by atoms with Crippen LogP contribution in [0.15, 0.2) is 27.4 Å². The molecule has 90 valence electrons. The quantitative estimate of drug-likeness (QED) is 0.773. The fourth-order valence-corrected chi connectivity index (χ4v) is 2.03. The van der Waals surface area contributed by atoms with E-state index in [4.69, 9.17) is 4.42 Å². The van der Waals surface area contributed by atoms with Crippen LogP contribution in [0.3, 0.4) is 0 Å². The van der Waals surface area contributed by atoms with Crippen molar-refractivity contribution in [1.82, 2.24) is 10.3 Å². The molecule has 1 aromatic carbocycles. The number of benzene rings is 1. The van der Waals surface area contributed by atoms with Gasteiger partial charge in [0.25, 0.3) is 0 Å². The Labute approximate surface area is 99.0 Å². The maximum atomic E-state index is 11.0. The Morgan fingerprint density at radius 2 is 2.29 bits per heavy atom. The highest BCUT2D eigenvalue weighted by molar-refractivity contribution is 5.72. The third kappa shape index (κ3) is 2.58. The van der Waals surface area contributed by atoms with Crippen LogP contribution in [0.25, 0.3) is 11.1 Å². The maximum Gasteiger partial charge on any atom is 0.417 e. The van der Waals surface area contributed by atoms with Gasteiger partial charge in [-0.1, -0.05) is 6.07 Å². The number of hydrogen-bond acceptors (Lipinski definition) is 3. The predicted octanol–water partition coefficient (Wildman–Crippen LogP) is 1.81. The number of rotatable bonds is 5. The van der Waals surface area contributed by atoms with E-state index in [1.807, 2.05) is 18.2 Å². The van der Waals surface area contributed by atoms with Crippen LogP contribution in [0.5, 0.6) is 0 Å². The van der Waals surface area contributed by atoms with Crippen molar-refractivity contribution >= 4 is 11.1 Å². The lowest BCUT2D eigenvalue weighted by molar-refractivity contribution is 0.555. The molecular weight excluding hydrogens is 216 g/mol. The molecule has 1 aliphatic carbocycles. The molecule has 1 saturated carbocycles. The van der Waals surface area contributed by atoms with Crippen LogP contribution in [0, 0.1) is 0 Å². The van der Waals surface area contributed by atoms with Crippen molar-refractivity contribution in [2.24, 2.45) is 0 Å². The Morgan fingerprint density at radius 1 is 1.41 bits per heavy atom. The number of aromatic nitrogens is 1. The molecule has 0 saturated heterocycles.